The van der Waals surface area contributed by atoms with Crippen molar-refractivity contribution < 1.29 is 4.79 Å². The van der Waals surface area contributed by atoms with Gasteiger partial charge in [0.2, 0.25) is 5.82 Å². The average molecular weight is 236 g/mol. The maximum absolute atomic E-state index is 12.0. The van der Waals surface area contributed by atoms with Gasteiger partial charge >= 0.3 is 0 Å². The third kappa shape index (κ3) is 2.84. The van der Waals surface area contributed by atoms with E-state index in [9.17, 15) is 4.79 Å². The van der Waals surface area contributed by atoms with Crippen molar-refractivity contribution in [1.82, 2.24) is 20.1 Å². The molecule has 0 atom stereocenters. The predicted molar refractivity (Wildman–Crippen MR) is 64.7 cm³/mol. The van der Waals surface area contributed by atoms with E-state index in [0.717, 1.165) is 25.2 Å². The highest BCUT2D eigenvalue weighted by atomic mass is 16.2. The first-order valence-corrected chi connectivity index (χ1v) is 6.37. The molecule has 1 aliphatic rings. The monoisotopic (exact) mass is 236 g/mol. The summed E-state index contributed by atoms with van der Waals surface area (Å²) in [5.74, 6) is 1.71. The van der Waals surface area contributed by atoms with E-state index in [0.29, 0.717) is 11.7 Å². The normalized spacial score (nSPS) is 15.6. The third-order valence-corrected chi connectivity index (χ3v) is 3.31. The van der Waals surface area contributed by atoms with Gasteiger partial charge in [0.15, 0.2) is 0 Å². The van der Waals surface area contributed by atoms with Crippen molar-refractivity contribution in [2.45, 2.75) is 39.0 Å². The molecule has 94 valence electrons. The Kier molecular flexibility index (Phi) is 3.76. The maximum atomic E-state index is 12.0. The fraction of sp³-hybridized carbons (Fsp3) is 0.750. The van der Waals surface area contributed by atoms with Gasteiger partial charge in [-0.15, -0.1) is 5.10 Å². The summed E-state index contributed by atoms with van der Waals surface area (Å²) in [6.07, 6.45) is 5.63. The predicted octanol–water partition coefficient (Wildman–Crippen LogP) is 1.63. The van der Waals surface area contributed by atoms with Gasteiger partial charge in [-0.1, -0.05) is 13.3 Å². The lowest BCUT2D eigenvalue weighted by Crippen LogP contribution is -2.34. The molecule has 0 aliphatic heterocycles. The van der Waals surface area contributed by atoms with Crippen LogP contribution >= 0.6 is 0 Å². The molecular formula is C12H20N4O. The largest absolute Gasteiger partial charge is 0.339 e. The van der Waals surface area contributed by atoms with Gasteiger partial charge in [-0.25, -0.2) is 4.98 Å². The Morgan fingerprint density at radius 3 is 2.88 bits per heavy atom. The molecule has 0 spiro atoms. The van der Waals surface area contributed by atoms with Crippen LogP contribution in [0, 0.1) is 5.92 Å². The minimum Gasteiger partial charge on any atom is -0.339 e. The summed E-state index contributed by atoms with van der Waals surface area (Å²) in [6, 6.07) is 0. The Bertz CT molecular complexity index is 384. The fourth-order valence-corrected chi connectivity index (χ4v) is 2.06. The fourth-order valence-electron chi connectivity index (χ4n) is 2.06. The molecule has 1 N–H and O–H groups in total. The first-order valence-electron chi connectivity index (χ1n) is 6.37. The van der Waals surface area contributed by atoms with Crippen molar-refractivity contribution in [3.8, 4) is 0 Å². The Labute approximate surface area is 102 Å². The molecule has 0 unspecified atom stereocenters. The van der Waals surface area contributed by atoms with Crippen LogP contribution in [-0.2, 0) is 6.42 Å². The number of amides is 1. The molecule has 1 aromatic rings. The van der Waals surface area contributed by atoms with Gasteiger partial charge in [0.1, 0.15) is 5.82 Å². The van der Waals surface area contributed by atoms with Crippen LogP contribution in [-0.4, -0.2) is 39.6 Å². The van der Waals surface area contributed by atoms with E-state index in [1.165, 1.54) is 19.3 Å². The van der Waals surface area contributed by atoms with E-state index in [4.69, 9.17) is 0 Å². The number of nitrogens with one attached hydrogen (secondary N) is 1. The first kappa shape index (κ1) is 12.1. The lowest BCUT2D eigenvalue weighted by Gasteiger charge is -2.29. The van der Waals surface area contributed by atoms with Crippen molar-refractivity contribution in [2.75, 3.05) is 13.6 Å². The van der Waals surface area contributed by atoms with Gasteiger partial charge in [-0.05, 0) is 25.2 Å². The lowest BCUT2D eigenvalue weighted by atomic mass is 9.85. The second-order valence-corrected chi connectivity index (χ2v) is 4.84. The van der Waals surface area contributed by atoms with Crippen molar-refractivity contribution in [2.24, 2.45) is 5.92 Å². The van der Waals surface area contributed by atoms with E-state index in [1.807, 2.05) is 7.05 Å². The van der Waals surface area contributed by atoms with E-state index in [2.05, 4.69) is 22.1 Å². The van der Waals surface area contributed by atoms with Crippen LogP contribution in [0.25, 0.3) is 0 Å². The zero-order valence-corrected chi connectivity index (χ0v) is 10.6. The Hall–Kier alpha value is -1.39. The summed E-state index contributed by atoms with van der Waals surface area (Å²) in [7, 11) is 1.83. The van der Waals surface area contributed by atoms with Crippen LogP contribution in [0.4, 0.5) is 0 Å². The number of H-pyrrole nitrogens is 1. The summed E-state index contributed by atoms with van der Waals surface area (Å²) in [6.45, 7) is 2.91. The van der Waals surface area contributed by atoms with Crippen molar-refractivity contribution in [3.05, 3.63) is 11.6 Å². The molecule has 1 aromatic heterocycles. The molecule has 17 heavy (non-hydrogen) atoms. The minimum absolute atomic E-state index is 0.0736. The molecule has 5 heteroatoms. The average Bonchev–Trinajstić information content (AvgIpc) is 2.71. The molecule has 0 radical (unpaired) electrons. The summed E-state index contributed by atoms with van der Waals surface area (Å²) in [5.41, 5.74) is 0. The maximum Gasteiger partial charge on any atom is 0.293 e. The van der Waals surface area contributed by atoms with Crippen LogP contribution in [0.15, 0.2) is 0 Å². The van der Waals surface area contributed by atoms with Crippen molar-refractivity contribution >= 4 is 5.91 Å². The number of carbonyl (C=O) groups is 1. The standard InChI is InChI=1S/C12H20N4O/c1-3-5-10-13-11(15-14-10)12(17)16(2)8-9-6-4-7-9/h9H,3-8H2,1-2H3,(H,13,14,15). The van der Waals surface area contributed by atoms with Gasteiger partial charge in [-0.2, -0.15) is 0 Å². The molecule has 1 amide bonds. The number of nitrogens with zero attached hydrogens (tertiary/aromatic N) is 3. The van der Waals surface area contributed by atoms with Gasteiger partial charge in [0, 0.05) is 20.0 Å². The molecule has 0 saturated heterocycles. The number of hydrogen-bond donors (Lipinski definition) is 1. The van der Waals surface area contributed by atoms with Crippen LogP contribution in [0.2, 0.25) is 0 Å². The van der Waals surface area contributed by atoms with Crippen LogP contribution in [0.1, 0.15) is 49.1 Å². The Balaban J connectivity index is 1.92. The molecule has 1 saturated carbocycles. The minimum atomic E-state index is -0.0736. The molecule has 5 nitrogen and oxygen atoms in total. The SMILES string of the molecule is CCCc1nc(C(=O)N(C)CC2CCC2)n[nH]1. The highest BCUT2D eigenvalue weighted by Crippen LogP contribution is 2.26. The molecule has 0 bridgehead atoms. The van der Waals surface area contributed by atoms with Gasteiger partial charge in [0.05, 0.1) is 0 Å². The number of carbonyl (C=O) groups excluding carboxylic acids is 1. The molecule has 0 aromatic carbocycles. The van der Waals surface area contributed by atoms with E-state index in [1.54, 1.807) is 4.90 Å². The van der Waals surface area contributed by atoms with Gasteiger partial charge in [0.25, 0.3) is 5.91 Å². The van der Waals surface area contributed by atoms with Crippen LogP contribution < -0.4 is 0 Å². The second kappa shape index (κ2) is 5.29. The van der Waals surface area contributed by atoms with Gasteiger partial charge < -0.3 is 4.90 Å². The summed E-state index contributed by atoms with van der Waals surface area (Å²) >= 11 is 0. The second-order valence-electron chi connectivity index (χ2n) is 4.84. The molecule has 2 rings (SSSR count). The van der Waals surface area contributed by atoms with Crippen LogP contribution in [0.3, 0.4) is 0 Å². The van der Waals surface area contributed by atoms with E-state index in [-0.39, 0.29) is 5.91 Å². The van der Waals surface area contributed by atoms with Crippen molar-refractivity contribution in [3.63, 3.8) is 0 Å². The number of aromatic nitrogens is 3. The Morgan fingerprint density at radius 2 is 2.29 bits per heavy atom. The van der Waals surface area contributed by atoms with Crippen molar-refractivity contribution in [1.29, 1.82) is 0 Å². The number of hydrogen-bond acceptors (Lipinski definition) is 3. The van der Waals surface area contributed by atoms with E-state index < -0.39 is 0 Å². The summed E-state index contributed by atoms with van der Waals surface area (Å²) in [4.78, 5) is 18.0. The topological polar surface area (TPSA) is 61.9 Å². The smallest absolute Gasteiger partial charge is 0.293 e. The number of aromatic amines is 1. The zero-order chi connectivity index (χ0) is 12.3. The zero-order valence-electron chi connectivity index (χ0n) is 10.6. The first-order chi connectivity index (χ1) is 8.20. The summed E-state index contributed by atoms with van der Waals surface area (Å²) in [5, 5.41) is 6.79. The Morgan fingerprint density at radius 1 is 1.53 bits per heavy atom. The molecule has 1 heterocycles. The molecule has 1 fully saturated rings. The highest BCUT2D eigenvalue weighted by Gasteiger charge is 2.23. The van der Waals surface area contributed by atoms with Gasteiger partial charge in [-0.3, -0.25) is 9.89 Å². The van der Waals surface area contributed by atoms with E-state index >= 15 is 0 Å². The highest BCUT2D eigenvalue weighted by molar-refractivity contribution is 5.90. The number of aryl methyl sites for hydroxylation is 1. The van der Waals surface area contributed by atoms with Crippen LogP contribution in [0.5, 0.6) is 0 Å². The molecular weight excluding hydrogens is 216 g/mol. The lowest BCUT2D eigenvalue weighted by molar-refractivity contribution is 0.0733. The summed E-state index contributed by atoms with van der Waals surface area (Å²) < 4.78 is 0. The number of rotatable bonds is 5. The third-order valence-electron chi connectivity index (χ3n) is 3.31. The molecule has 1 aliphatic carbocycles. The quantitative estimate of drug-likeness (QED) is 0.845.